The molecule has 0 fully saturated rings. The molecule has 0 aliphatic carbocycles. The number of aliphatic imine (C=N–C) groups is 1. The molecule has 0 unspecified atom stereocenters. The summed E-state index contributed by atoms with van der Waals surface area (Å²) in [6, 6.07) is 7.29. The maximum Gasteiger partial charge on any atom is 0.573 e. The summed E-state index contributed by atoms with van der Waals surface area (Å²) in [5.41, 5.74) is 6.53. The zero-order chi connectivity index (χ0) is 17.7. The number of nitrogens with zero attached hydrogens (tertiary/aromatic N) is 2. The first-order valence-corrected chi connectivity index (χ1v) is 7.12. The van der Waals surface area contributed by atoms with Crippen molar-refractivity contribution in [1.82, 2.24) is 5.16 Å². The van der Waals surface area contributed by atoms with Crippen LogP contribution >= 0.6 is 24.0 Å². The Balaban J connectivity index is 0.00000312. The number of nitrogens with two attached hydrogens (primary N) is 1. The molecule has 0 saturated heterocycles. The lowest BCUT2D eigenvalue weighted by Gasteiger charge is -2.13. The highest BCUT2D eigenvalue weighted by Crippen LogP contribution is 2.29. The number of hydrogen-bond acceptors (Lipinski definition) is 4. The van der Waals surface area contributed by atoms with Gasteiger partial charge in [-0.25, -0.2) is 4.99 Å². The molecule has 2 rings (SSSR count). The Kier molecular flexibility index (Phi) is 7.52. The molecule has 138 valence electrons. The molecule has 1 heterocycles. The number of rotatable bonds is 5. The highest BCUT2D eigenvalue weighted by Gasteiger charge is 2.32. The van der Waals surface area contributed by atoms with Crippen LogP contribution in [0.1, 0.15) is 31.2 Å². The van der Waals surface area contributed by atoms with Crippen LogP contribution in [0.4, 0.5) is 18.9 Å². The van der Waals surface area contributed by atoms with Gasteiger partial charge in [0.05, 0.1) is 11.4 Å². The molecule has 6 nitrogen and oxygen atoms in total. The predicted molar refractivity (Wildman–Crippen MR) is 98.1 cm³/mol. The van der Waals surface area contributed by atoms with Crippen LogP contribution in [0.2, 0.25) is 0 Å². The Morgan fingerprint density at radius 3 is 2.64 bits per heavy atom. The third-order valence-corrected chi connectivity index (χ3v) is 2.95. The Labute approximate surface area is 159 Å². The fourth-order valence-corrected chi connectivity index (χ4v) is 1.80. The van der Waals surface area contributed by atoms with Gasteiger partial charge in [0.1, 0.15) is 6.54 Å². The Morgan fingerprint density at radius 1 is 1.36 bits per heavy atom. The quantitative estimate of drug-likeness (QED) is 0.388. The average Bonchev–Trinajstić information content (AvgIpc) is 2.95. The number of nitrogens with one attached hydrogen (secondary N) is 1. The lowest BCUT2D eigenvalue weighted by Crippen LogP contribution is -2.24. The van der Waals surface area contributed by atoms with Crippen molar-refractivity contribution >= 4 is 35.6 Å². The fourth-order valence-electron chi connectivity index (χ4n) is 1.80. The number of alkyl halides is 3. The third kappa shape index (κ3) is 6.80. The molecular weight excluding hydrogens is 452 g/mol. The van der Waals surface area contributed by atoms with E-state index in [0.29, 0.717) is 5.76 Å². The van der Waals surface area contributed by atoms with Gasteiger partial charge in [0.25, 0.3) is 0 Å². The van der Waals surface area contributed by atoms with Gasteiger partial charge in [0.2, 0.25) is 0 Å². The van der Waals surface area contributed by atoms with Crippen LogP contribution in [0.25, 0.3) is 0 Å². The first-order valence-electron chi connectivity index (χ1n) is 7.12. The number of benzene rings is 1. The van der Waals surface area contributed by atoms with E-state index >= 15 is 0 Å². The van der Waals surface area contributed by atoms with Crippen LogP contribution in [0.3, 0.4) is 0 Å². The van der Waals surface area contributed by atoms with Gasteiger partial charge >= 0.3 is 6.36 Å². The largest absolute Gasteiger partial charge is 0.573 e. The minimum absolute atomic E-state index is 0. The number of aromatic nitrogens is 1. The fraction of sp³-hybridized carbons (Fsp3) is 0.333. The van der Waals surface area contributed by atoms with Crippen LogP contribution in [-0.2, 0) is 6.54 Å². The Bertz CT molecular complexity index is 717. The standard InChI is InChI=1S/C15H17F3N4O2.HI/c1-9(2)12-7-10(24-22-12)8-20-14(19)21-11-5-3-4-6-13(11)23-15(16,17)18;/h3-7,9H,8H2,1-2H3,(H3,19,20,21);1H. The third-order valence-electron chi connectivity index (χ3n) is 2.95. The lowest BCUT2D eigenvalue weighted by molar-refractivity contribution is -0.274. The van der Waals surface area contributed by atoms with Crippen LogP contribution in [-0.4, -0.2) is 17.5 Å². The minimum Gasteiger partial charge on any atom is -0.404 e. The van der Waals surface area contributed by atoms with Gasteiger partial charge in [-0.05, 0) is 18.1 Å². The molecule has 0 atom stereocenters. The van der Waals surface area contributed by atoms with E-state index in [1.165, 1.54) is 18.2 Å². The van der Waals surface area contributed by atoms with Crippen LogP contribution in [0, 0.1) is 0 Å². The van der Waals surface area contributed by atoms with Gasteiger partial charge in [0, 0.05) is 6.07 Å². The second kappa shape index (κ2) is 8.92. The lowest BCUT2D eigenvalue weighted by atomic mass is 10.1. The van der Waals surface area contributed by atoms with E-state index in [9.17, 15) is 13.2 Å². The second-order valence-corrected chi connectivity index (χ2v) is 5.24. The normalized spacial score (nSPS) is 12.0. The maximum atomic E-state index is 12.4. The molecule has 0 amide bonds. The van der Waals surface area contributed by atoms with E-state index in [-0.39, 0.29) is 48.1 Å². The summed E-state index contributed by atoms with van der Waals surface area (Å²) in [4.78, 5) is 4.01. The molecule has 3 N–H and O–H groups in total. The van der Waals surface area contributed by atoms with Crippen molar-refractivity contribution in [2.45, 2.75) is 32.7 Å². The van der Waals surface area contributed by atoms with Crippen molar-refractivity contribution < 1.29 is 22.4 Å². The van der Waals surface area contributed by atoms with E-state index in [2.05, 4.69) is 20.2 Å². The number of halogens is 4. The molecule has 0 aliphatic rings. The molecule has 1 aromatic heterocycles. The second-order valence-electron chi connectivity index (χ2n) is 5.24. The number of para-hydroxylation sites is 2. The highest BCUT2D eigenvalue weighted by atomic mass is 127. The smallest absolute Gasteiger partial charge is 0.404 e. The van der Waals surface area contributed by atoms with Crippen molar-refractivity contribution in [3.8, 4) is 5.75 Å². The van der Waals surface area contributed by atoms with Crippen molar-refractivity contribution in [2.24, 2.45) is 10.7 Å². The summed E-state index contributed by atoms with van der Waals surface area (Å²) in [7, 11) is 0. The van der Waals surface area contributed by atoms with E-state index < -0.39 is 12.1 Å². The van der Waals surface area contributed by atoms with Crippen molar-refractivity contribution in [3.63, 3.8) is 0 Å². The molecule has 0 bridgehead atoms. The van der Waals surface area contributed by atoms with Crippen molar-refractivity contribution in [2.75, 3.05) is 5.32 Å². The van der Waals surface area contributed by atoms with Gasteiger partial charge in [0.15, 0.2) is 17.5 Å². The number of anilines is 1. The van der Waals surface area contributed by atoms with E-state index in [0.717, 1.165) is 5.69 Å². The molecule has 0 aliphatic heterocycles. The van der Waals surface area contributed by atoms with E-state index in [1.54, 1.807) is 12.1 Å². The number of ether oxygens (including phenoxy) is 1. The molecule has 10 heteroatoms. The highest BCUT2D eigenvalue weighted by molar-refractivity contribution is 14.0. The zero-order valence-corrected chi connectivity index (χ0v) is 15.8. The van der Waals surface area contributed by atoms with Gasteiger partial charge < -0.3 is 20.3 Å². The summed E-state index contributed by atoms with van der Waals surface area (Å²) in [6.07, 6.45) is -4.79. The monoisotopic (exact) mass is 470 g/mol. The predicted octanol–water partition coefficient (Wildman–Crippen LogP) is 4.24. The summed E-state index contributed by atoms with van der Waals surface area (Å²) >= 11 is 0. The SMILES string of the molecule is CC(C)c1cc(CN=C(N)Nc2ccccc2OC(F)(F)F)on1.I. The van der Waals surface area contributed by atoms with Gasteiger partial charge in [-0.2, -0.15) is 0 Å². The van der Waals surface area contributed by atoms with E-state index in [4.69, 9.17) is 10.3 Å². The number of guanidine groups is 1. The molecule has 0 saturated carbocycles. The Morgan fingerprint density at radius 2 is 2.04 bits per heavy atom. The van der Waals surface area contributed by atoms with E-state index in [1.807, 2.05) is 13.8 Å². The zero-order valence-electron chi connectivity index (χ0n) is 13.5. The van der Waals surface area contributed by atoms with Crippen LogP contribution in [0.5, 0.6) is 5.75 Å². The summed E-state index contributed by atoms with van der Waals surface area (Å²) < 4.78 is 46.1. The van der Waals surface area contributed by atoms with Crippen LogP contribution in [0.15, 0.2) is 39.8 Å². The summed E-state index contributed by atoms with van der Waals surface area (Å²) in [5, 5.41) is 6.46. The van der Waals surface area contributed by atoms with Crippen molar-refractivity contribution in [3.05, 3.63) is 41.8 Å². The van der Waals surface area contributed by atoms with Crippen molar-refractivity contribution in [1.29, 1.82) is 0 Å². The first-order chi connectivity index (χ1) is 11.2. The van der Waals surface area contributed by atoms with Crippen LogP contribution < -0.4 is 15.8 Å². The van der Waals surface area contributed by atoms with Gasteiger partial charge in [-0.3, -0.25) is 0 Å². The molecule has 0 spiro atoms. The van der Waals surface area contributed by atoms with Gasteiger partial charge in [-0.1, -0.05) is 31.1 Å². The molecule has 0 radical (unpaired) electrons. The molecular formula is C15H18F3IN4O2. The Hall–Kier alpha value is -1.98. The average molecular weight is 470 g/mol. The maximum absolute atomic E-state index is 12.4. The number of hydrogen-bond donors (Lipinski definition) is 2. The molecule has 25 heavy (non-hydrogen) atoms. The molecule has 1 aromatic carbocycles. The minimum atomic E-state index is -4.79. The summed E-state index contributed by atoms with van der Waals surface area (Å²) in [5.74, 6) is 0.247. The van der Waals surface area contributed by atoms with Gasteiger partial charge in [-0.15, -0.1) is 37.1 Å². The molecule has 2 aromatic rings. The summed E-state index contributed by atoms with van der Waals surface area (Å²) in [6.45, 7) is 4.05. The topological polar surface area (TPSA) is 85.7 Å². The first kappa shape index (κ1) is 21.1.